The molecule has 1 amide bonds. The molecule has 1 heterocycles. The number of Topliss-reactive ketones (excluding diaryl/α,β-unsaturated/α-hetero) is 1. The SMILES string of the molecule is CCCc1ccc2c(c1)NC(=O)C2=O. The Morgan fingerprint density at radius 3 is 2.79 bits per heavy atom. The average molecular weight is 189 g/mol. The smallest absolute Gasteiger partial charge is 0.296 e. The average Bonchev–Trinajstić information content (AvgIpc) is 2.43. The molecule has 14 heavy (non-hydrogen) atoms. The molecule has 0 radical (unpaired) electrons. The molecular formula is C11H11NO2. The molecular weight excluding hydrogens is 178 g/mol. The number of anilines is 1. The van der Waals surface area contributed by atoms with Crippen LogP contribution in [0.4, 0.5) is 5.69 Å². The number of hydrogen-bond donors (Lipinski definition) is 1. The molecule has 3 heteroatoms. The molecule has 0 spiro atoms. The van der Waals surface area contributed by atoms with E-state index in [0.717, 1.165) is 18.4 Å². The van der Waals surface area contributed by atoms with E-state index in [-0.39, 0.29) is 0 Å². The van der Waals surface area contributed by atoms with Crippen LogP contribution in [0, 0.1) is 0 Å². The molecule has 1 N–H and O–H groups in total. The number of rotatable bonds is 2. The van der Waals surface area contributed by atoms with Crippen LogP contribution in [0.15, 0.2) is 18.2 Å². The van der Waals surface area contributed by atoms with Crippen LogP contribution in [0.5, 0.6) is 0 Å². The van der Waals surface area contributed by atoms with E-state index in [2.05, 4.69) is 12.2 Å². The summed E-state index contributed by atoms with van der Waals surface area (Å²) < 4.78 is 0. The van der Waals surface area contributed by atoms with E-state index < -0.39 is 11.7 Å². The van der Waals surface area contributed by atoms with Crippen molar-refractivity contribution >= 4 is 17.4 Å². The van der Waals surface area contributed by atoms with Gasteiger partial charge in [-0.25, -0.2) is 0 Å². The van der Waals surface area contributed by atoms with E-state index in [9.17, 15) is 9.59 Å². The van der Waals surface area contributed by atoms with Crippen molar-refractivity contribution in [3.63, 3.8) is 0 Å². The van der Waals surface area contributed by atoms with Gasteiger partial charge in [-0.3, -0.25) is 9.59 Å². The van der Waals surface area contributed by atoms with Crippen LogP contribution in [0.2, 0.25) is 0 Å². The Bertz CT molecular complexity index is 410. The molecule has 1 aromatic carbocycles. The van der Waals surface area contributed by atoms with Crippen molar-refractivity contribution in [3.8, 4) is 0 Å². The largest absolute Gasteiger partial charge is 0.318 e. The lowest BCUT2D eigenvalue weighted by atomic mass is 10.1. The quantitative estimate of drug-likeness (QED) is 0.721. The summed E-state index contributed by atoms with van der Waals surface area (Å²) in [7, 11) is 0. The van der Waals surface area contributed by atoms with E-state index in [1.54, 1.807) is 6.07 Å². The monoisotopic (exact) mass is 189 g/mol. The van der Waals surface area contributed by atoms with E-state index in [4.69, 9.17) is 0 Å². The van der Waals surface area contributed by atoms with Gasteiger partial charge in [-0.1, -0.05) is 19.4 Å². The van der Waals surface area contributed by atoms with Crippen molar-refractivity contribution in [1.29, 1.82) is 0 Å². The number of hydrogen-bond acceptors (Lipinski definition) is 2. The first-order valence-electron chi connectivity index (χ1n) is 4.71. The standard InChI is InChI=1S/C11H11NO2/c1-2-3-7-4-5-8-9(6-7)12-11(14)10(8)13/h4-6H,2-3H2,1H3,(H,12,13,14). The molecule has 0 aliphatic carbocycles. The number of amides is 1. The maximum atomic E-state index is 11.3. The number of ketones is 1. The third-order valence-electron chi connectivity index (χ3n) is 2.32. The number of carbonyl (C=O) groups is 2. The normalized spacial score (nSPS) is 14.1. The predicted octanol–water partition coefficient (Wildman–Crippen LogP) is 1.77. The van der Waals surface area contributed by atoms with Gasteiger partial charge in [0.25, 0.3) is 11.7 Å². The Labute approximate surface area is 82.1 Å². The molecule has 0 bridgehead atoms. The summed E-state index contributed by atoms with van der Waals surface area (Å²) in [5.41, 5.74) is 2.31. The maximum Gasteiger partial charge on any atom is 0.296 e. The van der Waals surface area contributed by atoms with E-state index >= 15 is 0 Å². The lowest BCUT2D eigenvalue weighted by Crippen LogP contribution is -2.12. The Kier molecular flexibility index (Phi) is 2.08. The van der Waals surface area contributed by atoms with Crippen molar-refractivity contribution < 1.29 is 9.59 Å². The summed E-state index contributed by atoms with van der Waals surface area (Å²) in [6, 6.07) is 5.50. The zero-order valence-electron chi connectivity index (χ0n) is 7.96. The molecule has 1 aliphatic heterocycles. The number of fused-ring (bicyclic) bond motifs is 1. The second-order valence-corrected chi connectivity index (χ2v) is 3.41. The first-order chi connectivity index (χ1) is 6.72. The highest BCUT2D eigenvalue weighted by Crippen LogP contribution is 2.24. The first kappa shape index (κ1) is 8.94. The minimum Gasteiger partial charge on any atom is -0.318 e. The summed E-state index contributed by atoms with van der Waals surface area (Å²) in [6.07, 6.45) is 2.03. The molecule has 2 rings (SSSR count). The van der Waals surface area contributed by atoms with Gasteiger partial charge >= 0.3 is 0 Å². The molecule has 0 aromatic heterocycles. The van der Waals surface area contributed by atoms with Gasteiger partial charge in [-0.2, -0.15) is 0 Å². The maximum absolute atomic E-state index is 11.3. The molecule has 1 aromatic rings. The Morgan fingerprint density at radius 1 is 1.29 bits per heavy atom. The number of aryl methyl sites for hydroxylation is 1. The Balaban J connectivity index is 2.39. The van der Waals surface area contributed by atoms with Gasteiger partial charge in [0.05, 0.1) is 11.3 Å². The topological polar surface area (TPSA) is 46.2 Å². The minimum absolute atomic E-state index is 0.428. The summed E-state index contributed by atoms with van der Waals surface area (Å²) in [6.45, 7) is 2.09. The number of carbonyl (C=O) groups excluding carboxylic acids is 2. The van der Waals surface area contributed by atoms with Crippen LogP contribution >= 0.6 is 0 Å². The van der Waals surface area contributed by atoms with Gasteiger partial charge in [-0.15, -0.1) is 0 Å². The zero-order valence-corrected chi connectivity index (χ0v) is 7.96. The van der Waals surface area contributed by atoms with Crippen molar-refractivity contribution in [3.05, 3.63) is 29.3 Å². The van der Waals surface area contributed by atoms with Gasteiger partial charge < -0.3 is 5.32 Å². The highest BCUT2D eigenvalue weighted by Gasteiger charge is 2.27. The first-order valence-corrected chi connectivity index (χ1v) is 4.71. The molecule has 0 fully saturated rings. The minimum atomic E-state index is -0.520. The van der Waals surface area contributed by atoms with E-state index in [0.29, 0.717) is 11.3 Å². The fourth-order valence-electron chi connectivity index (χ4n) is 1.64. The van der Waals surface area contributed by atoms with Crippen molar-refractivity contribution in [2.45, 2.75) is 19.8 Å². The third kappa shape index (κ3) is 1.31. The van der Waals surface area contributed by atoms with Crippen LogP contribution in [0.25, 0.3) is 0 Å². The summed E-state index contributed by atoms with van der Waals surface area (Å²) in [4.78, 5) is 22.3. The van der Waals surface area contributed by atoms with Crippen LogP contribution in [-0.4, -0.2) is 11.7 Å². The van der Waals surface area contributed by atoms with Crippen molar-refractivity contribution in [2.75, 3.05) is 5.32 Å². The molecule has 0 saturated carbocycles. The Morgan fingerprint density at radius 2 is 2.07 bits per heavy atom. The molecule has 0 atom stereocenters. The second kappa shape index (κ2) is 3.25. The third-order valence-corrected chi connectivity index (χ3v) is 2.32. The lowest BCUT2D eigenvalue weighted by Gasteiger charge is -2.01. The van der Waals surface area contributed by atoms with E-state index in [1.807, 2.05) is 12.1 Å². The molecule has 0 saturated heterocycles. The Hall–Kier alpha value is -1.64. The predicted molar refractivity (Wildman–Crippen MR) is 53.4 cm³/mol. The van der Waals surface area contributed by atoms with Gasteiger partial charge in [0, 0.05) is 0 Å². The van der Waals surface area contributed by atoms with Gasteiger partial charge in [-0.05, 0) is 24.1 Å². The second-order valence-electron chi connectivity index (χ2n) is 3.41. The molecule has 72 valence electrons. The highest BCUT2D eigenvalue weighted by atomic mass is 16.2. The van der Waals surface area contributed by atoms with Crippen LogP contribution in [0.3, 0.4) is 0 Å². The zero-order chi connectivity index (χ0) is 10.1. The highest BCUT2D eigenvalue weighted by molar-refractivity contribution is 6.51. The number of benzene rings is 1. The summed E-state index contributed by atoms with van der Waals surface area (Å²) >= 11 is 0. The summed E-state index contributed by atoms with van der Waals surface area (Å²) in [5, 5.41) is 2.56. The molecule has 0 unspecified atom stereocenters. The van der Waals surface area contributed by atoms with Crippen LogP contribution in [-0.2, 0) is 11.2 Å². The molecule has 1 aliphatic rings. The fraction of sp³-hybridized carbons (Fsp3) is 0.273. The van der Waals surface area contributed by atoms with Crippen LogP contribution in [0.1, 0.15) is 29.3 Å². The lowest BCUT2D eigenvalue weighted by molar-refractivity contribution is -0.112. The van der Waals surface area contributed by atoms with Gasteiger partial charge in [0.15, 0.2) is 0 Å². The van der Waals surface area contributed by atoms with Crippen LogP contribution < -0.4 is 5.32 Å². The van der Waals surface area contributed by atoms with Crippen molar-refractivity contribution in [1.82, 2.24) is 0 Å². The fourth-order valence-corrected chi connectivity index (χ4v) is 1.64. The van der Waals surface area contributed by atoms with E-state index in [1.165, 1.54) is 0 Å². The van der Waals surface area contributed by atoms with Gasteiger partial charge in [0.2, 0.25) is 0 Å². The van der Waals surface area contributed by atoms with Crippen molar-refractivity contribution in [2.24, 2.45) is 0 Å². The summed E-state index contributed by atoms with van der Waals surface area (Å²) in [5.74, 6) is -0.948. The molecule has 3 nitrogen and oxygen atoms in total. The van der Waals surface area contributed by atoms with Gasteiger partial charge in [0.1, 0.15) is 0 Å². The number of nitrogens with one attached hydrogen (secondary N) is 1.